The Morgan fingerprint density at radius 2 is 2.06 bits per heavy atom. The maximum atomic E-state index is 12.2. The number of piperazine rings is 1. The van der Waals surface area contributed by atoms with Crippen LogP contribution in [0.25, 0.3) is 0 Å². The van der Waals surface area contributed by atoms with E-state index in [9.17, 15) is 9.59 Å². The quantitative estimate of drug-likeness (QED) is 0.819. The highest BCUT2D eigenvalue weighted by molar-refractivity contribution is 6.30. The van der Waals surface area contributed by atoms with Crippen molar-refractivity contribution < 1.29 is 9.59 Å². The van der Waals surface area contributed by atoms with Crippen molar-refractivity contribution in [3.63, 3.8) is 0 Å². The zero-order valence-electron chi connectivity index (χ0n) is 9.44. The molecule has 1 atom stereocenters. The third kappa shape index (κ3) is 2.42. The zero-order valence-corrected chi connectivity index (χ0v) is 10.2. The highest BCUT2D eigenvalue weighted by Crippen LogP contribution is 2.14. The van der Waals surface area contributed by atoms with E-state index in [1.807, 2.05) is 0 Å². The summed E-state index contributed by atoms with van der Waals surface area (Å²) in [6.45, 7) is 2.76. The van der Waals surface area contributed by atoms with Crippen molar-refractivity contribution >= 4 is 23.4 Å². The molecule has 0 radical (unpaired) electrons. The molecule has 1 aromatic rings. The average Bonchev–Trinajstić information content (AvgIpc) is 2.33. The van der Waals surface area contributed by atoms with Gasteiger partial charge in [0.1, 0.15) is 6.04 Å². The van der Waals surface area contributed by atoms with E-state index < -0.39 is 6.04 Å². The predicted octanol–water partition coefficient (Wildman–Crippen LogP) is 1.30. The Labute approximate surface area is 105 Å². The fourth-order valence-electron chi connectivity index (χ4n) is 1.82. The summed E-state index contributed by atoms with van der Waals surface area (Å²) in [6.07, 6.45) is 0. The Balaban J connectivity index is 2.19. The summed E-state index contributed by atoms with van der Waals surface area (Å²) < 4.78 is 0. The predicted molar refractivity (Wildman–Crippen MR) is 65.0 cm³/mol. The molecule has 1 aromatic carbocycles. The fraction of sp³-hybridized carbons (Fsp3) is 0.333. The van der Waals surface area contributed by atoms with Gasteiger partial charge in [0.05, 0.1) is 0 Å². The van der Waals surface area contributed by atoms with Crippen molar-refractivity contribution in [3.05, 3.63) is 34.9 Å². The monoisotopic (exact) mass is 252 g/mol. The molecule has 90 valence electrons. The first-order valence-corrected chi connectivity index (χ1v) is 5.81. The zero-order chi connectivity index (χ0) is 12.4. The molecule has 2 amide bonds. The van der Waals surface area contributed by atoms with Crippen LogP contribution in [0.4, 0.5) is 0 Å². The van der Waals surface area contributed by atoms with Gasteiger partial charge in [-0.05, 0) is 31.2 Å². The van der Waals surface area contributed by atoms with Gasteiger partial charge in [-0.3, -0.25) is 9.59 Å². The highest BCUT2D eigenvalue weighted by atomic mass is 35.5. The van der Waals surface area contributed by atoms with Gasteiger partial charge >= 0.3 is 0 Å². The van der Waals surface area contributed by atoms with Crippen LogP contribution in [-0.2, 0) is 4.79 Å². The average molecular weight is 253 g/mol. The molecule has 1 aliphatic heterocycles. The van der Waals surface area contributed by atoms with E-state index in [-0.39, 0.29) is 11.8 Å². The molecule has 1 heterocycles. The molecule has 4 nitrogen and oxygen atoms in total. The normalized spacial score (nSPS) is 20.0. The molecule has 0 bridgehead atoms. The van der Waals surface area contributed by atoms with Crippen LogP contribution in [0, 0.1) is 0 Å². The summed E-state index contributed by atoms with van der Waals surface area (Å²) in [5.41, 5.74) is 0.552. The molecule has 5 heteroatoms. The molecule has 0 aliphatic carbocycles. The summed E-state index contributed by atoms with van der Waals surface area (Å²) in [5, 5.41) is 3.31. The van der Waals surface area contributed by atoms with E-state index in [0.717, 1.165) is 0 Å². The maximum Gasteiger partial charge on any atom is 0.254 e. The van der Waals surface area contributed by atoms with E-state index in [1.54, 1.807) is 36.1 Å². The Bertz CT molecular complexity index is 444. The van der Waals surface area contributed by atoms with Crippen molar-refractivity contribution in [1.82, 2.24) is 10.2 Å². The first kappa shape index (κ1) is 11.9. The molecular formula is C12H13ClN2O2. The van der Waals surface area contributed by atoms with E-state index >= 15 is 0 Å². The second-order valence-corrected chi connectivity index (χ2v) is 4.41. The van der Waals surface area contributed by atoms with Gasteiger partial charge in [-0.1, -0.05) is 11.6 Å². The van der Waals surface area contributed by atoms with Crippen molar-refractivity contribution in [2.24, 2.45) is 0 Å². The lowest BCUT2D eigenvalue weighted by Crippen LogP contribution is -2.55. The number of hydrogen-bond donors (Lipinski definition) is 1. The molecule has 2 rings (SSSR count). The first-order chi connectivity index (χ1) is 8.09. The van der Waals surface area contributed by atoms with E-state index in [4.69, 9.17) is 11.6 Å². The van der Waals surface area contributed by atoms with Gasteiger partial charge in [0.2, 0.25) is 5.91 Å². The minimum absolute atomic E-state index is 0.112. The Morgan fingerprint density at radius 3 is 2.71 bits per heavy atom. The molecule has 1 fully saturated rings. The third-order valence-corrected chi connectivity index (χ3v) is 3.10. The topological polar surface area (TPSA) is 49.4 Å². The van der Waals surface area contributed by atoms with Crippen LogP contribution in [0.15, 0.2) is 24.3 Å². The van der Waals surface area contributed by atoms with Crippen LogP contribution in [0.5, 0.6) is 0 Å². The fourth-order valence-corrected chi connectivity index (χ4v) is 1.94. The van der Waals surface area contributed by atoms with Gasteiger partial charge in [-0.25, -0.2) is 0 Å². The molecular weight excluding hydrogens is 240 g/mol. The minimum atomic E-state index is -0.424. The molecule has 1 saturated heterocycles. The lowest BCUT2D eigenvalue weighted by Gasteiger charge is -2.32. The summed E-state index contributed by atoms with van der Waals surface area (Å²) in [6, 6.07) is 6.26. The van der Waals surface area contributed by atoms with E-state index in [1.165, 1.54) is 0 Å². The number of nitrogens with zero attached hydrogens (tertiary/aromatic N) is 1. The van der Waals surface area contributed by atoms with E-state index in [0.29, 0.717) is 23.7 Å². The van der Waals surface area contributed by atoms with Gasteiger partial charge in [0.25, 0.3) is 5.91 Å². The smallest absolute Gasteiger partial charge is 0.254 e. The molecule has 17 heavy (non-hydrogen) atoms. The Morgan fingerprint density at radius 1 is 1.41 bits per heavy atom. The standard InChI is InChI=1S/C12H13ClN2O2/c1-8-11(16)14-6-7-15(8)12(17)9-2-4-10(13)5-3-9/h2-5,8H,6-7H2,1H3,(H,14,16). The molecule has 1 aliphatic rings. The Hall–Kier alpha value is -1.55. The lowest BCUT2D eigenvalue weighted by atomic mass is 10.1. The van der Waals surface area contributed by atoms with Gasteiger partial charge in [-0.2, -0.15) is 0 Å². The SMILES string of the molecule is CC1C(=O)NCCN1C(=O)c1ccc(Cl)cc1. The second-order valence-electron chi connectivity index (χ2n) is 3.97. The van der Waals surface area contributed by atoms with Gasteiger partial charge in [-0.15, -0.1) is 0 Å². The summed E-state index contributed by atoms with van der Waals surface area (Å²) in [4.78, 5) is 25.2. The van der Waals surface area contributed by atoms with Crippen LogP contribution >= 0.6 is 11.6 Å². The molecule has 1 N–H and O–H groups in total. The maximum absolute atomic E-state index is 12.2. The molecule has 1 unspecified atom stereocenters. The number of amides is 2. The number of carbonyl (C=O) groups is 2. The van der Waals surface area contributed by atoms with Gasteiger partial charge in [0, 0.05) is 23.7 Å². The van der Waals surface area contributed by atoms with Crippen LogP contribution in [0.2, 0.25) is 5.02 Å². The van der Waals surface area contributed by atoms with Crippen LogP contribution in [0.1, 0.15) is 17.3 Å². The van der Waals surface area contributed by atoms with Gasteiger partial charge in [0.15, 0.2) is 0 Å². The Kier molecular flexibility index (Phi) is 3.33. The van der Waals surface area contributed by atoms with Crippen molar-refractivity contribution in [1.29, 1.82) is 0 Å². The molecule has 0 aromatic heterocycles. The van der Waals surface area contributed by atoms with Crippen LogP contribution in [-0.4, -0.2) is 35.8 Å². The number of carbonyl (C=O) groups excluding carboxylic acids is 2. The van der Waals surface area contributed by atoms with Crippen molar-refractivity contribution in [3.8, 4) is 0 Å². The molecule has 0 spiro atoms. The van der Waals surface area contributed by atoms with Gasteiger partial charge < -0.3 is 10.2 Å². The minimum Gasteiger partial charge on any atom is -0.353 e. The molecule has 0 saturated carbocycles. The number of rotatable bonds is 1. The number of benzene rings is 1. The summed E-state index contributed by atoms with van der Waals surface area (Å²) in [5.74, 6) is -0.248. The second kappa shape index (κ2) is 4.75. The highest BCUT2D eigenvalue weighted by Gasteiger charge is 2.29. The first-order valence-electron chi connectivity index (χ1n) is 5.44. The van der Waals surface area contributed by atoms with Crippen LogP contribution in [0.3, 0.4) is 0 Å². The lowest BCUT2D eigenvalue weighted by molar-refractivity contribution is -0.127. The number of nitrogens with one attached hydrogen (secondary N) is 1. The van der Waals surface area contributed by atoms with E-state index in [2.05, 4.69) is 5.32 Å². The largest absolute Gasteiger partial charge is 0.353 e. The third-order valence-electron chi connectivity index (χ3n) is 2.85. The summed E-state index contributed by atoms with van der Waals surface area (Å²) in [7, 11) is 0. The number of hydrogen-bond acceptors (Lipinski definition) is 2. The number of halogens is 1. The van der Waals surface area contributed by atoms with Crippen LogP contribution < -0.4 is 5.32 Å². The summed E-state index contributed by atoms with van der Waals surface area (Å²) >= 11 is 5.76. The van der Waals surface area contributed by atoms with Crippen molar-refractivity contribution in [2.45, 2.75) is 13.0 Å². The van der Waals surface area contributed by atoms with Crippen molar-refractivity contribution in [2.75, 3.05) is 13.1 Å².